The zero-order chi connectivity index (χ0) is 13.0. The molecule has 0 aliphatic carbocycles. The third kappa shape index (κ3) is 3.39. The van der Waals surface area contributed by atoms with E-state index in [2.05, 4.69) is 22.3 Å². The Morgan fingerprint density at radius 3 is 2.50 bits per heavy atom. The van der Waals surface area contributed by atoms with E-state index >= 15 is 0 Å². The molecule has 0 atom stereocenters. The molecule has 0 aromatic heterocycles. The van der Waals surface area contributed by atoms with E-state index in [9.17, 15) is 4.79 Å². The van der Waals surface area contributed by atoms with Crippen molar-refractivity contribution in [3.63, 3.8) is 0 Å². The van der Waals surface area contributed by atoms with Crippen molar-refractivity contribution < 1.29 is 4.79 Å². The highest BCUT2D eigenvalue weighted by molar-refractivity contribution is 5.72. The van der Waals surface area contributed by atoms with E-state index in [1.54, 1.807) is 6.92 Å². The molecule has 0 spiro atoms. The smallest absolute Gasteiger partial charge is 0.216 e. The van der Waals surface area contributed by atoms with E-state index in [-0.39, 0.29) is 5.91 Å². The number of carbonyl (C=O) groups is 1. The predicted octanol–water partition coefficient (Wildman–Crippen LogP) is 1.62. The lowest BCUT2D eigenvalue weighted by atomic mass is 9.96. The number of anilines is 2. The van der Waals surface area contributed by atoms with Gasteiger partial charge in [0, 0.05) is 37.9 Å². The predicted molar refractivity (Wildman–Crippen MR) is 74.5 cm³/mol. The standard InChI is InChI=1S/C14H21N3O/c1-11(18)16-10-12-6-8-17(9-7-12)14-4-2-13(15)3-5-14/h2-5,12H,6-10,15H2,1H3,(H,16,18). The summed E-state index contributed by atoms with van der Waals surface area (Å²) in [5.41, 5.74) is 7.73. The second-order valence-corrected chi connectivity index (χ2v) is 4.96. The third-order valence-corrected chi connectivity index (χ3v) is 3.51. The van der Waals surface area contributed by atoms with Gasteiger partial charge in [-0.3, -0.25) is 4.79 Å². The summed E-state index contributed by atoms with van der Waals surface area (Å²) in [6, 6.07) is 8.03. The molecule has 1 saturated heterocycles. The fourth-order valence-electron chi connectivity index (χ4n) is 2.37. The van der Waals surface area contributed by atoms with Crippen LogP contribution < -0.4 is 16.0 Å². The number of hydrogen-bond acceptors (Lipinski definition) is 3. The molecule has 2 rings (SSSR count). The molecule has 1 aliphatic heterocycles. The van der Waals surface area contributed by atoms with Crippen molar-refractivity contribution >= 4 is 17.3 Å². The number of benzene rings is 1. The van der Waals surface area contributed by atoms with Crippen molar-refractivity contribution in [1.29, 1.82) is 0 Å². The highest BCUT2D eigenvalue weighted by Gasteiger charge is 2.19. The second kappa shape index (κ2) is 5.76. The lowest BCUT2D eigenvalue weighted by molar-refractivity contribution is -0.119. The highest BCUT2D eigenvalue weighted by atomic mass is 16.1. The fraction of sp³-hybridized carbons (Fsp3) is 0.500. The molecule has 1 aromatic rings. The molecule has 1 aromatic carbocycles. The Hall–Kier alpha value is -1.71. The molecular weight excluding hydrogens is 226 g/mol. The Balaban J connectivity index is 1.83. The van der Waals surface area contributed by atoms with E-state index in [0.29, 0.717) is 5.92 Å². The average Bonchev–Trinajstić information content (AvgIpc) is 2.38. The molecule has 3 N–H and O–H groups in total. The van der Waals surface area contributed by atoms with Gasteiger partial charge in [0.1, 0.15) is 0 Å². The summed E-state index contributed by atoms with van der Waals surface area (Å²) in [4.78, 5) is 13.2. The molecule has 98 valence electrons. The molecule has 4 heteroatoms. The fourth-order valence-corrected chi connectivity index (χ4v) is 2.37. The number of carbonyl (C=O) groups excluding carboxylic acids is 1. The highest BCUT2D eigenvalue weighted by Crippen LogP contribution is 2.23. The molecule has 4 nitrogen and oxygen atoms in total. The van der Waals surface area contributed by atoms with Gasteiger partial charge >= 0.3 is 0 Å². The first kappa shape index (κ1) is 12.7. The van der Waals surface area contributed by atoms with Crippen molar-refractivity contribution in [3.05, 3.63) is 24.3 Å². The zero-order valence-electron chi connectivity index (χ0n) is 10.9. The molecule has 18 heavy (non-hydrogen) atoms. The van der Waals surface area contributed by atoms with Crippen LogP contribution in [0, 0.1) is 5.92 Å². The number of piperidine rings is 1. The molecule has 0 saturated carbocycles. The van der Waals surface area contributed by atoms with Gasteiger partial charge in [-0.05, 0) is 43.0 Å². The van der Waals surface area contributed by atoms with Crippen molar-refractivity contribution in [3.8, 4) is 0 Å². The Bertz CT molecular complexity index is 394. The van der Waals surface area contributed by atoms with Gasteiger partial charge in [-0.15, -0.1) is 0 Å². The van der Waals surface area contributed by atoms with Gasteiger partial charge in [-0.2, -0.15) is 0 Å². The largest absolute Gasteiger partial charge is 0.399 e. The van der Waals surface area contributed by atoms with E-state index in [1.165, 1.54) is 5.69 Å². The van der Waals surface area contributed by atoms with Gasteiger partial charge < -0.3 is 16.0 Å². The second-order valence-electron chi connectivity index (χ2n) is 4.96. The Morgan fingerprint density at radius 2 is 1.94 bits per heavy atom. The topological polar surface area (TPSA) is 58.4 Å². The minimum absolute atomic E-state index is 0.0657. The first-order chi connectivity index (χ1) is 8.65. The first-order valence-electron chi connectivity index (χ1n) is 6.50. The van der Waals surface area contributed by atoms with E-state index < -0.39 is 0 Å². The van der Waals surface area contributed by atoms with Crippen LogP contribution in [0.2, 0.25) is 0 Å². The summed E-state index contributed by atoms with van der Waals surface area (Å²) >= 11 is 0. The van der Waals surface area contributed by atoms with Crippen LogP contribution in [0.1, 0.15) is 19.8 Å². The van der Waals surface area contributed by atoms with Crippen molar-refractivity contribution in [2.75, 3.05) is 30.3 Å². The SMILES string of the molecule is CC(=O)NCC1CCN(c2ccc(N)cc2)CC1. The maximum Gasteiger partial charge on any atom is 0.216 e. The lowest BCUT2D eigenvalue weighted by Crippen LogP contribution is -2.38. The summed E-state index contributed by atoms with van der Waals surface area (Å²) in [6.45, 7) is 4.48. The summed E-state index contributed by atoms with van der Waals surface area (Å²) in [5.74, 6) is 0.676. The summed E-state index contributed by atoms with van der Waals surface area (Å²) in [7, 11) is 0. The molecule has 0 unspecified atom stereocenters. The number of nitrogens with zero attached hydrogens (tertiary/aromatic N) is 1. The van der Waals surface area contributed by atoms with Crippen molar-refractivity contribution in [2.24, 2.45) is 5.92 Å². The molecule has 0 radical (unpaired) electrons. The minimum Gasteiger partial charge on any atom is -0.399 e. The maximum atomic E-state index is 10.9. The number of nitrogens with two attached hydrogens (primary N) is 1. The number of rotatable bonds is 3. The minimum atomic E-state index is 0.0657. The van der Waals surface area contributed by atoms with Crippen LogP contribution in [0.15, 0.2) is 24.3 Å². The van der Waals surface area contributed by atoms with Crippen molar-refractivity contribution in [1.82, 2.24) is 5.32 Å². The normalized spacial score (nSPS) is 16.6. The summed E-state index contributed by atoms with van der Waals surface area (Å²) in [6.07, 6.45) is 2.26. The number of hydrogen-bond donors (Lipinski definition) is 2. The van der Waals surface area contributed by atoms with Crippen LogP contribution in [0.3, 0.4) is 0 Å². The molecule has 1 heterocycles. The zero-order valence-corrected chi connectivity index (χ0v) is 10.9. The molecule has 1 aliphatic rings. The maximum absolute atomic E-state index is 10.9. The molecule has 0 bridgehead atoms. The molecular formula is C14H21N3O. The average molecular weight is 247 g/mol. The number of nitrogen functional groups attached to an aromatic ring is 1. The third-order valence-electron chi connectivity index (χ3n) is 3.51. The van der Waals surface area contributed by atoms with Crippen LogP contribution in [0.4, 0.5) is 11.4 Å². The lowest BCUT2D eigenvalue weighted by Gasteiger charge is -2.33. The van der Waals surface area contributed by atoms with Crippen LogP contribution in [-0.2, 0) is 4.79 Å². The van der Waals surface area contributed by atoms with Crippen LogP contribution >= 0.6 is 0 Å². The number of nitrogens with one attached hydrogen (secondary N) is 1. The number of amides is 1. The Labute approximate surface area is 108 Å². The van der Waals surface area contributed by atoms with Gasteiger partial charge in [-0.1, -0.05) is 0 Å². The quantitative estimate of drug-likeness (QED) is 0.798. The monoisotopic (exact) mass is 247 g/mol. The molecule has 1 fully saturated rings. The summed E-state index contributed by atoms with van der Waals surface area (Å²) in [5, 5.41) is 2.90. The summed E-state index contributed by atoms with van der Waals surface area (Å²) < 4.78 is 0. The van der Waals surface area contributed by atoms with Gasteiger partial charge in [0.2, 0.25) is 5.91 Å². The molecule has 1 amide bonds. The van der Waals surface area contributed by atoms with E-state index in [1.807, 2.05) is 12.1 Å². The Kier molecular flexibility index (Phi) is 4.07. The van der Waals surface area contributed by atoms with Gasteiger partial charge in [0.05, 0.1) is 0 Å². The van der Waals surface area contributed by atoms with Gasteiger partial charge in [0.25, 0.3) is 0 Å². The van der Waals surface area contributed by atoms with Crippen LogP contribution in [-0.4, -0.2) is 25.5 Å². The van der Waals surface area contributed by atoms with Gasteiger partial charge in [-0.25, -0.2) is 0 Å². The van der Waals surface area contributed by atoms with Gasteiger partial charge in [0.15, 0.2) is 0 Å². The van der Waals surface area contributed by atoms with Crippen LogP contribution in [0.5, 0.6) is 0 Å². The van der Waals surface area contributed by atoms with E-state index in [4.69, 9.17) is 5.73 Å². The van der Waals surface area contributed by atoms with E-state index in [0.717, 1.165) is 38.2 Å². The van der Waals surface area contributed by atoms with Crippen LogP contribution in [0.25, 0.3) is 0 Å². The Morgan fingerprint density at radius 1 is 1.33 bits per heavy atom. The van der Waals surface area contributed by atoms with Crippen molar-refractivity contribution in [2.45, 2.75) is 19.8 Å². The first-order valence-corrected chi connectivity index (χ1v) is 6.50.